The van der Waals surface area contributed by atoms with Gasteiger partial charge in [0.2, 0.25) is 5.79 Å². The van der Waals surface area contributed by atoms with Crippen molar-refractivity contribution in [1.29, 1.82) is 0 Å². The lowest BCUT2D eigenvalue weighted by atomic mass is 10.2. The molecule has 0 amide bonds. The van der Waals surface area contributed by atoms with Gasteiger partial charge in [0.1, 0.15) is 12.4 Å². The summed E-state index contributed by atoms with van der Waals surface area (Å²) in [6.07, 6.45) is 0.645. The molecule has 18 heavy (non-hydrogen) atoms. The molecule has 2 rings (SSSR count). The van der Waals surface area contributed by atoms with Crippen LogP contribution in [0.2, 0.25) is 0 Å². The van der Waals surface area contributed by atoms with Crippen molar-refractivity contribution in [1.82, 2.24) is 0 Å². The number of hydrogen-bond donors (Lipinski definition) is 1. The lowest BCUT2D eigenvalue weighted by Crippen LogP contribution is -2.25. The van der Waals surface area contributed by atoms with Crippen molar-refractivity contribution >= 4 is 0 Å². The maximum Gasteiger partial charge on any atom is 0.244 e. The van der Waals surface area contributed by atoms with Gasteiger partial charge in [-0.2, -0.15) is 0 Å². The second-order valence-corrected chi connectivity index (χ2v) is 4.66. The van der Waals surface area contributed by atoms with E-state index in [4.69, 9.17) is 14.2 Å². The molecule has 1 N–H and O–H groups in total. The van der Waals surface area contributed by atoms with Gasteiger partial charge < -0.3 is 19.3 Å². The monoisotopic (exact) mass is 250 g/mol. The molecule has 0 fully saturated rings. The first kappa shape index (κ1) is 12.9. The van der Waals surface area contributed by atoms with E-state index < -0.39 is 11.9 Å². The maximum absolute atomic E-state index is 9.86. The van der Waals surface area contributed by atoms with Crippen LogP contribution in [0.3, 0.4) is 0 Å². The van der Waals surface area contributed by atoms with Gasteiger partial charge in [0.15, 0.2) is 5.76 Å². The number of hydrogen-bond acceptors (Lipinski definition) is 4. The fourth-order valence-electron chi connectivity index (χ4n) is 1.62. The van der Waals surface area contributed by atoms with Gasteiger partial charge in [0, 0.05) is 13.8 Å². The largest absolute Gasteiger partial charge is 0.457 e. The minimum absolute atomic E-state index is 0.181. The van der Waals surface area contributed by atoms with Crippen LogP contribution < -0.4 is 0 Å². The predicted molar refractivity (Wildman–Crippen MR) is 66.4 cm³/mol. The Morgan fingerprint density at radius 2 is 2.00 bits per heavy atom. The standard InChI is InChI=1S/C14H18O4/c1-14(2)17-10-13(18-14)12(15)9-16-8-11-6-4-3-5-7-11/h3-7,10,12,15H,8-9H2,1-2H3. The highest BCUT2D eigenvalue weighted by molar-refractivity contribution is 5.13. The molecule has 1 unspecified atom stereocenters. The summed E-state index contributed by atoms with van der Waals surface area (Å²) in [5.74, 6) is -0.288. The molecule has 4 heteroatoms. The summed E-state index contributed by atoms with van der Waals surface area (Å²) in [5, 5.41) is 9.86. The van der Waals surface area contributed by atoms with E-state index in [1.807, 2.05) is 30.3 Å². The Kier molecular flexibility index (Phi) is 3.89. The molecule has 0 aromatic heterocycles. The molecule has 0 saturated carbocycles. The molecule has 1 aliphatic rings. The summed E-state index contributed by atoms with van der Waals surface area (Å²) < 4.78 is 16.1. The maximum atomic E-state index is 9.86. The van der Waals surface area contributed by atoms with E-state index in [1.54, 1.807) is 13.8 Å². The van der Waals surface area contributed by atoms with Crippen LogP contribution in [-0.2, 0) is 20.8 Å². The Morgan fingerprint density at radius 1 is 1.28 bits per heavy atom. The summed E-state index contributed by atoms with van der Waals surface area (Å²) in [6.45, 7) is 4.22. The van der Waals surface area contributed by atoms with E-state index in [2.05, 4.69) is 0 Å². The van der Waals surface area contributed by atoms with Gasteiger partial charge in [-0.1, -0.05) is 30.3 Å². The van der Waals surface area contributed by atoms with Crippen molar-refractivity contribution in [2.45, 2.75) is 32.3 Å². The zero-order valence-corrected chi connectivity index (χ0v) is 10.6. The van der Waals surface area contributed by atoms with E-state index in [1.165, 1.54) is 6.26 Å². The summed E-state index contributed by atoms with van der Waals surface area (Å²) in [6, 6.07) is 9.81. The Labute approximate surface area is 107 Å². The van der Waals surface area contributed by atoms with Crippen molar-refractivity contribution < 1.29 is 19.3 Å². The first-order valence-electron chi connectivity index (χ1n) is 5.93. The molecule has 1 atom stereocenters. The third kappa shape index (κ3) is 3.48. The highest BCUT2D eigenvalue weighted by Gasteiger charge is 2.31. The molecular weight excluding hydrogens is 232 g/mol. The molecule has 0 bridgehead atoms. The zero-order chi connectivity index (χ0) is 13.0. The van der Waals surface area contributed by atoms with Crippen molar-refractivity contribution in [3.8, 4) is 0 Å². The molecule has 1 aromatic rings. The minimum atomic E-state index is -0.796. The fraction of sp³-hybridized carbons (Fsp3) is 0.429. The quantitative estimate of drug-likeness (QED) is 0.870. The van der Waals surface area contributed by atoms with Gasteiger partial charge in [-0.25, -0.2) is 0 Å². The average Bonchev–Trinajstić information content (AvgIpc) is 2.71. The molecule has 0 saturated heterocycles. The highest BCUT2D eigenvalue weighted by Crippen LogP contribution is 2.26. The number of benzene rings is 1. The topological polar surface area (TPSA) is 47.9 Å². The predicted octanol–water partition coefficient (Wildman–Crippen LogP) is 2.19. The Morgan fingerprint density at radius 3 is 2.61 bits per heavy atom. The van der Waals surface area contributed by atoms with Crippen LogP contribution in [0.15, 0.2) is 42.4 Å². The molecule has 0 radical (unpaired) electrons. The number of ether oxygens (including phenoxy) is 3. The van der Waals surface area contributed by atoms with Crippen molar-refractivity contribution in [2.24, 2.45) is 0 Å². The summed E-state index contributed by atoms with van der Waals surface area (Å²) >= 11 is 0. The van der Waals surface area contributed by atoms with E-state index >= 15 is 0 Å². The fourth-order valence-corrected chi connectivity index (χ4v) is 1.62. The molecule has 4 nitrogen and oxygen atoms in total. The lowest BCUT2D eigenvalue weighted by Gasteiger charge is -2.20. The van der Waals surface area contributed by atoms with E-state index in [0.717, 1.165) is 5.56 Å². The zero-order valence-electron chi connectivity index (χ0n) is 10.6. The van der Waals surface area contributed by atoms with Gasteiger partial charge in [-0.05, 0) is 5.56 Å². The molecule has 1 aromatic carbocycles. The Bertz CT molecular complexity index is 411. The Balaban J connectivity index is 1.74. The third-order valence-electron chi connectivity index (χ3n) is 2.54. The first-order chi connectivity index (χ1) is 8.57. The van der Waals surface area contributed by atoms with Crippen LogP contribution in [-0.4, -0.2) is 23.6 Å². The SMILES string of the molecule is CC1(C)OC=C(C(O)COCc2ccccc2)O1. The second kappa shape index (κ2) is 5.42. The van der Waals surface area contributed by atoms with Gasteiger partial charge >= 0.3 is 0 Å². The molecule has 1 aliphatic heterocycles. The molecular formula is C14H18O4. The van der Waals surface area contributed by atoms with Gasteiger partial charge in [0.05, 0.1) is 13.2 Å². The summed E-state index contributed by atoms with van der Waals surface area (Å²) in [4.78, 5) is 0. The van der Waals surface area contributed by atoms with E-state index in [9.17, 15) is 5.11 Å². The van der Waals surface area contributed by atoms with Crippen LogP contribution in [0, 0.1) is 0 Å². The summed E-state index contributed by atoms with van der Waals surface area (Å²) in [5.41, 5.74) is 1.07. The second-order valence-electron chi connectivity index (χ2n) is 4.66. The lowest BCUT2D eigenvalue weighted by molar-refractivity contribution is -0.128. The smallest absolute Gasteiger partial charge is 0.244 e. The molecule has 98 valence electrons. The summed E-state index contributed by atoms with van der Waals surface area (Å²) in [7, 11) is 0. The number of rotatable bonds is 5. The van der Waals surface area contributed by atoms with E-state index in [-0.39, 0.29) is 6.61 Å². The minimum Gasteiger partial charge on any atom is -0.457 e. The van der Waals surface area contributed by atoms with Gasteiger partial charge in [-0.15, -0.1) is 0 Å². The number of aliphatic hydroxyl groups is 1. The van der Waals surface area contributed by atoms with Crippen LogP contribution in [0.1, 0.15) is 19.4 Å². The first-order valence-corrected chi connectivity index (χ1v) is 5.93. The van der Waals surface area contributed by atoms with Crippen molar-refractivity contribution in [2.75, 3.05) is 6.61 Å². The molecule has 0 spiro atoms. The van der Waals surface area contributed by atoms with Crippen LogP contribution >= 0.6 is 0 Å². The highest BCUT2D eigenvalue weighted by atomic mass is 16.7. The third-order valence-corrected chi connectivity index (χ3v) is 2.54. The average molecular weight is 250 g/mol. The van der Waals surface area contributed by atoms with Crippen molar-refractivity contribution in [3.05, 3.63) is 47.9 Å². The van der Waals surface area contributed by atoms with Crippen LogP contribution in [0.25, 0.3) is 0 Å². The number of aliphatic hydroxyl groups excluding tert-OH is 1. The van der Waals surface area contributed by atoms with Crippen LogP contribution in [0.5, 0.6) is 0 Å². The normalized spacial score (nSPS) is 18.7. The molecule has 0 aliphatic carbocycles. The Hall–Kier alpha value is -1.52. The van der Waals surface area contributed by atoms with Gasteiger partial charge in [0.25, 0.3) is 0 Å². The van der Waals surface area contributed by atoms with Gasteiger partial charge in [-0.3, -0.25) is 0 Å². The molecule has 1 heterocycles. The van der Waals surface area contributed by atoms with Crippen LogP contribution in [0.4, 0.5) is 0 Å². The van der Waals surface area contributed by atoms with E-state index in [0.29, 0.717) is 12.4 Å². The van der Waals surface area contributed by atoms with Crippen molar-refractivity contribution in [3.63, 3.8) is 0 Å².